The number of amides is 2. The lowest BCUT2D eigenvalue weighted by atomic mass is 10.1. The van der Waals surface area contributed by atoms with E-state index >= 15 is 0 Å². The minimum absolute atomic E-state index is 0.101. The Kier molecular flexibility index (Phi) is 8.69. The molecule has 0 radical (unpaired) electrons. The third-order valence-corrected chi connectivity index (χ3v) is 7.70. The van der Waals surface area contributed by atoms with Gasteiger partial charge in [-0.3, -0.25) is 14.8 Å². The van der Waals surface area contributed by atoms with Crippen molar-refractivity contribution in [3.63, 3.8) is 0 Å². The van der Waals surface area contributed by atoms with Crippen LogP contribution in [0.15, 0.2) is 54.6 Å². The van der Waals surface area contributed by atoms with Crippen LogP contribution in [-0.2, 0) is 9.53 Å². The fraction of sp³-hybridized carbons (Fsp3) is 0.231. The van der Waals surface area contributed by atoms with Crippen LogP contribution in [0.2, 0.25) is 15.1 Å². The number of benzene rings is 3. The van der Waals surface area contributed by atoms with Crippen LogP contribution in [0.5, 0.6) is 0 Å². The molecule has 3 aromatic carbocycles. The Morgan fingerprint density at radius 2 is 1.68 bits per heavy atom. The van der Waals surface area contributed by atoms with Gasteiger partial charge in [0.05, 0.1) is 27.9 Å². The molecule has 0 saturated heterocycles. The van der Waals surface area contributed by atoms with Gasteiger partial charge < -0.3 is 15.4 Å². The van der Waals surface area contributed by atoms with Crippen LogP contribution in [0.1, 0.15) is 27.4 Å². The van der Waals surface area contributed by atoms with Gasteiger partial charge in [0.15, 0.2) is 0 Å². The largest absolute Gasteiger partial charge is 0.362 e. The molecular weight excluding hydrogens is 596 g/mol. The summed E-state index contributed by atoms with van der Waals surface area (Å²) in [5, 5.41) is 17.6. The summed E-state index contributed by atoms with van der Waals surface area (Å²) < 4.78 is 3.61. The number of carbonyl (C=O) groups excluding carboxylic acids is 2. The molecule has 0 aliphatic heterocycles. The van der Waals surface area contributed by atoms with Crippen molar-refractivity contribution in [2.24, 2.45) is 5.92 Å². The lowest BCUT2D eigenvalue weighted by Gasteiger charge is -2.20. The highest BCUT2D eigenvalue weighted by molar-refractivity contribution is 6.53. The third kappa shape index (κ3) is 6.15. The summed E-state index contributed by atoms with van der Waals surface area (Å²) in [6.45, 7) is 1.74. The number of methoxy groups -OCH3 is 1. The van der Waals surface area contributed by atoms with Gasteiger partial charge in [-0.05, 0) is 66.6 Å². The molecule has 3 N–H and O–H groups in total. The molecule has 2 unspecified atom stereocenters. The molecular formula is C26H22Cl5N3O4. The van der Waals surface area contributed by atoms with Crippen molar-refractivity contribution in [2.45, 2.75) is 17.2 Å². The van der Waals surface area contributed by atoms with E-state index < -0.39 is 28.0 Å². The standard InChI is InChI=1S/C26H22Cl5N3O4/c1-13-3-6-20(21(7-13)34(37)12-38-2)33-24(35)18-11-17(4-5-19(18)29)32-25(36)23-22(26(23,30)31)14-8-15(27)10-16(28)9-14/h3-11,22-23,37H,12H2,1-2H3,(H,32,36)(H,33,35). The second kappa shape index (κ2) is 11.5. The first-order valence-electron chi connectivity index (χ1n) is 11.2. The summed E-state index contributed by atoms with van der Waals surface area (Å²) >= 11 is 31.4. The summed E-state index contributed by atoms with van der Waals surface area (Å²) in [7, 11) is 1.43. The molecule has 7 nitrogen and oxygen atoms in total. The Hall–Kier alpha value is -2.23. The summed E-state index contributed by atoms with van der Waals surface area (Å²) in [6, 6.07) is 14.5. The number of rotatable bonds is 8. The van der Waals surface area contributed by atoms with Gasteiger partial charge in [0.25, 0.3) is 5.91 Å². The Bertz CT molecular complexity index is 1380. The zero-order valence-electron chi connectivity index (χ0n) is 20.1. The number of hydrogen-bond acceptors (Lipinski definition) is 5. The van der Waals surface area contributed by atoms with E-state index in [1.54, 1.807) is 42.5 Å². The first kappa shape index (κ1) is 28.8. The van der Waals surface area contributed by atoms with E-state index in [0.717, 1.165) is 10.6 Å². The maximum absolute atomic E-state index is 13.1. The second-order valence-electron chi connectivity index (χ2n) is 8.81. The number of carbonyl (C=O) groups is 2. The summed E-state index contributed by atoms with van der Waals surface area (Å²) in [5.41, 5.74) is 2.59. The third-order valence-electron chi connectivity index (χ3n) is 5.99. The number of aryl methyl sites for hydroxylation is 1. The Morgan fingerprint density at radius 1 is 1.00 bits per heavy atom. The minimum atomic E-state index is -1.36. The van der Waals surface area contributed by atoms with Gasteiger partial charge in [0, 0.05) is 28.8 Å². The van der Waals surface area contributed by atoms with E-state index in [1.165, 1.54) is 19.2 Å². The van der Waals surface area contributed by atoms with Crippen molar-refractivity contribution in [3.8, 4) is 0 Å². The number of hydrogen-bond donors (Lipinski definition) is 3. The first-order chi connectivity index (χ1) is 17.9. The average Bonchev–Trinajstić information content (AvgIpc) is 3.43. The van der Waals surface area contributed by atoms with Crippen molar-refractivity contribution in [3.05, 3.63) is 86.4 Å². The van der Waals surface area contributed by atoms with Crippen molar-refractivity contribution >= 4 is 86.9 Å². The number of alkyl halides is 2. The lowest BCUT2D eigenvalue weighted by Crippen LogP contribution is -2.23. The number of ether oxygens (including phenoxy) is 1. The molecule has 38 heavy (non-hydrogen) atoms. The summed E-state index contributed by atoms with van der Waals surface area (Å²) in [6.07, 6.45) is 0. The smallest absolute Gasteiger partial charge is 0.257 e. The Morgan fingerprint density at radius 3 is 2.34 bits per heavy atom. The number of anilines is 3. The molecule has 12 heteroatoms. The van der Waals surface area contributed by atoms with E-state index in [-0.39, 0.29) is 17.3 Å². The number of halogens is 5. The SMILES string of the molecule is COCN(O)c1cc(C)ccc1NC(=O)c1cc(NC(=O)C2C(c3cc(Cl)cc(Cl)c3)C2(Cl)Cl)ccc1Cl. The Balaban J connectivity index is 1.52. The number of hydroxylamine groups is 1. The summed E-state index contributed by atoms with van der Waals surface area (Å²) in [4.78, 5) is 26.2. The molecule has 0 aromatic heterocycles. The van der Waals surface area contributed by atoms with Crippen LogP contribution < -0.4 is 15.7 Å². The normalized spacial score (nSPS) is 17.6. The van der Waals surface area contributed by atoms with Crippen molar-refractivity contribution in [1.29, 1.82) is 0 Å². The second-order valence-corrected chi connectivity index (χ2v) is 11.5. The van der Waals surface area contributed by atoms with Crippen molar-refractivity contribution in [1.82, 2.24) is 0 Å². The van der Waals surface area contributed by atoms with Gasteiger partial charge in [-0.25, -0.2) is 5.06 Å². The van der Waals surface area contributed by atoms with Crippen LogP contribution in [0.4, 0.5) is 17.1 Å². The van der Waals surface area contributed by atoms with Gasteiger partial charge in [-0.1, -0.05) is 40.9 Å². The van der Waals surface area contributed by atoms with Gasteiger partial charge in [0.2, 0.25) is 5.91 Å². The number of nitrogens with one attached hydrogen (secondary N) is 2. The molecule has 200 valence electrons. The maximum atomic E-state index is 13.1. The summed E-state index contributed by atoms with van der Waals surface area (Å²) in [5.74, 6) is -2.30. The van der Waals surface area contributed by atoms with Crippen molar-refractivity contribution in [2.75, 3.05) is 29.5 Å². The average molecular weight is 618 g/mol. The van der Waals surface area contributed by atoms with Gasteiger partial charge in [-0.15, -0.1) is 23.2 Å². The minimum Gasteiger partial charge on any atom is -0.362 e. The van der Waals surface area contributed by atoms with E-state index in [9.17, 15) is 14.8 Å². The molecule has 0 bridgehead atoms. The van der Waals surface area contributed by atoms with Gasteiger partial charge in [-0.2, -0.15) is 0 Å². The van der Waals surface area contributed by atoms with Crippen molar-refractivity contribution < 1.29 is 19.5 Å². The zero-order valence-corrected chi connectivity index (χ0v) is 23.8. The van der Waals surface area contributed by atoms with Crippen LogP contribution in [0.3, 0.4) is 0 Å². The highest BCUT2D eigenvalue weighted by atomic mass is 35.5. The van der Waals surface area contributed by atoms with Gasteiger partial charge in [0.1, 0.15) is 11.1 Å². The highest BCUT2D eigenvalue weighted by Gasteiger charge is 2.67. The fourth-order valence-electron chi connectivity index (χ4n) is 4.16. The molecule has 1 fully saturated rings. The number of nitrogens with zero attached hydrogens (tertiary/aromatic N) is 1. The topological polar surface area (TPSA) is 90.9 Å². The lowest BCUT2D eigenvalue weighted by molar-refractivity contribution is -0.117. The van der Waals surface area contributed by atoms with E-state index in [0.29, 0.717) is 32.7 Å². The van der Waals surface area contributed by atoms with E-state index in [4.69, 9.17) is 62.7 Å². The molecule has 0 spiro atoms. The Labute approximate surface area is 244 Å². The van der Waals surface area contributed by atoms with Crippen LogP contribution in [0.25, 0.3) is 0 Å². The molecule has 2 atom stereocenters. The highest BCUT2D eigenvalue weighted by Crippen LogP contribution is 2.65. The fourth-order valence-corrected chi connectivity index (χ4v) is 5.74. The molecule has 2 amide bonds. The predicted molar refractivity (Wildman–Crippen MR) is 152 cm³/mol. The molecule has 0 heterocycles. The quantitative estimate of drug-likeness (QED) is 0.138. The van der Waals surface area contributed by atoms with Crippen LogP contribution in [-0.4, -0.2) is 35.2 Å². The maximum Gasteiger partial charge on any atom is 0.257 e. The predicted octanol–water partition coefficient (Wildman–Crippen LogP) is 7.53. The van der Waals surface area contributed by atoms with Gasteiger partial charge >= 0.3 is 0 Å². The van der Waals surface area contributed by atoms with Crippen LogP contribution in [0, 0.1) is 12.8 Å². The van der Waals surface area contributed by atoms with Crippen LogP contribution >= 0.6 is 58.0 Å². The molecule has 1 saturated carbocycles. The van der Waals surface area contributed by atoms with E-state index in [2.05, 4.69) is 10.6 Å². The monoisotopic (exact) mass is 615 g/mol. The molecule has 4 rings (SSSR count). The first-order valence-corrected chi connectivity index (χ1v) is 13.1. The molecule has 3 aromatic rings. The zero-order chi connectivity index (χ0) is 27.8. The van der Waals surface area contributed by atoms with E-state index in [1.807, 2.05) is 6.92 Å². The molecule has 1 aliphatic carbocycles. The molecule has 1 aliphatic rings.